The van der Waals surface area contributed by atoms with Crippen LogP contribution in [0.1, 0.15) is 0 Å². The topological polar surface area (TPSA) is 70.8 Å². The normalized spacial score (nSPS) is 10.1. The lowest BCUT2D eigenvalue weighted by molar-refractivity contribution is -0.385. The molecule has 7 heteroatoms. The Bertz CT molecular complexity index is 645. The third-order valence-electron chi connectivity index (χ3n) is 2.79. The van der Waals surface area contributed by atoms with Gasteiger partial charge in [-0.1, -0.05) is 15.9 Å². The third kappa shape index (κ3) is 4.36. The third-order valence-corrected chi connectivity index (χ3v) is 3.31. The minimum Gasteiger partial charge on any atom is -0.496 e. The van der Waals surface area contributed by atoms with Crippen molar-refractivity contribution < 1.29 is 19.1 Å². The molecule has 2 rings (SSSR count). The van der Waals surface area contributed by atoms with Crippen LogP contribution in [0.25, 0.3) is 0 Å². The van der Waals surface area contributed by atoms with Crippen LogP contribution in [-0.4, -0.2) is 25.2 Å². The monoisotopic (exact) mass is 367 g/mol. The maximum Gasteiger partial charge on any atom is 0.314 e. The summed E-state index contributed by atoms with van der Waals surface area (Å²) in [5, 5.41) is 11.0. The van der Waals surface area contributed by atoms with Crippen LogP contribution < -0.4 is 14.2 Å². The van der Waals surface area contributed by atoms with Gasteiger partial charge in [0.15, 0.2) is 5.75 Å². The minimum atomic E-state index is -0.507. The first-order chi connectivity index (χ1) is 10.6. The highest BCUT2D eigenvalue weighted by atomic mass is 79.9. The van der Waals surface area contributed by atoms with Gasteiger partial charge in [-0.15, -0.1) is 0 Å². The van der Waals surface area contributed by atoms with Crippen LogP contribution in [0, 0.1) is 10.1 Å². The number of nitro benzene ring substituents is 1. The molecule has 0 fully saturated rings. The molecule has 0 heterocycles. The van der Waals surface area contributed by atoms with Gasteiger partial charge in [-0.25, -0.2) is 0 Å². The lowest BCUT2D eigenvalue weighted by Gasteiger charge is -2.09. The molecule has 116 valence electrons. The molecule has 22 heavy (non-hydrogen) atoms. The molecule has 0 aliphatic rings. The van der Waals surface area contributed by atoms with Gasteiger partial charge in [-0.05, 0) is 36.4 Å². The van der Waals surface area contributed by atoms with Gasteiger partial charge in [0.05, 0.1) is 18.1 Å². The standard InChI is InChI=1S/C15H14BrNO5/c1-20-13-6-7-15(14(10-13)17(18)19)22-9-8-21-12-4-2-11(16)3-5-12/h2-7,10H,8-9H2,1H3. The Morgan fingerprint density at radius 2 is 1.68 bits per heavy atom. The van der Waals surface area contributed by atoms with Crippen LogP contribution in [0.3, 0.4) is 0 Å². The first-order valence-electron chi connectivity index (χ1n) is 6.44. The maximum atomic E-state index is 11.0. The fourth-order valence-corrected chi connectivity index (χ4v) is 2.00. The van der Waals surface area contributed by atoms with Crippen LogP contribution in [0.2, 0.25) is 0 Å². The van der Waals surface area contributed by atoms with E-state index in [2.05, 4.69) is 15.9 Å². The summed E-state index contributed by atoms with van der Waals surface area (Å²) in [4.78, 5) is 10.5. The van der Waals surface area contributed by atoms with Gasteiger partial charge in [0, 0.05) is 4.47 Å². The molecule has 0 unspecified atom stereocenters. The summed E-state index contributed by atoms with van der Waals surface area (Å²) >= 11 is 3.34. The maximum absolute atomic E-state index is 11.0. The number of halogens is 1. The Kier molecular flexibility index (Phi) is 5.60. The molecule has 0 aliphatic carbocycles. The van der Waals surface area contributed by atoms with Gasteiger partial charge in [-0.3, -0.25) is 10.1 Å². The summed E-state index contributed by atoms with van der Waals surface area (Å²) in [6.45, 7) is 0.480. The number of hydrogen-bond donors (Lipinski definition) is 0. The summed E-state index contributed by atoms with van der Waals surface area (Å²) in [6, 6.07) is 11.8. The first kappa shape index (κ1) is 16.1. The quantitative estimate of drug-likeness (QED) is 0.422. The number of rotatable bonds is 7. The number of benzene rings is 2. The van der Waals surface area contributed by atoms with E-state index in [-0.39, 0.29) is 24.7 Å². The van der Waals surface area contributed by atoms with Crippen LogP contribution in [0.15, 0.2) is 46.9 Å². The van der Waals surface area contributed by atoms with E-state index in [9.17, 15) is 10.1 Å². The largest absolute Gasteiger partial charge is 0.496 e. The molecular weight excluding hydrogens is 354 g/mol. The van der Waals surface area contributed by atoms with E-state index < -0.39 is 4.92 Å². The lowest BCUT2D eigenvalue weighted by Crippen LogP contribution is -2.10. The zero-order valence-corrected chi connectivity index (χ0v) is 13.4. The highest BCUT2D eigenvalue weighted by Crippen LogP contribution is 2.30. The molecule has 0 saturated heterocycles. The Balaban J connectivity index is 1.91. The lowest BCUT2D eigenvalue weighted by atomic mass is 10.3. The minimum absolute atomic E-state index is 0.136. The fourth-order valence-electron chi connectivity index (χ4n) is 1.73. The highest BCUT2D eigenvalue weighted by molar-refractivity contribution is 9.10. The Hall–Kier alpha value is -2.28. The van der Waals surface area contributed by atoms with E-state index in [0.29, 0.717) is 11.5 Å². The average Bonchev–Trinajstić information content (AvgIpc) is 2.53. The van der Waals surface area contributed by atoms with Crippen molar-refractivity contribution in [2.45, 2.75) is 0 Å². The molecule has 0 aromatic heterocycles. The van der Waals surface area contributed by atoms with Gasteiger partial charge in [0.2, 0.25) is 0 Å². The smallest absolute Gasteiger partial charge is 0.314 e. The molecule has 0 saturated carbocycles. The van der Waals surface area contributed by atoms with Gasteiger partial charge < -0.3 is 14.2 Å². The van der Waals surface area contributed by atoms with Crippen molar-refractivity contribution in [2.24, 2.45) is 0 Å². The van der Waals surface area contributed by atoms with Crippen molar-refractivity contribution in [1.82, 2.24) is 0 Å². The van der Waals surface area contributed by atoms with E-state index >= 15 is 0 Å². The number of nitrogens with zero attached hydrogens (tertiary/aromatic N) is 1. The molecule has 0 N–H and O–H groups in total. The molecule has 0 bridgehead atoms. The van der Waals surface area contributed by atoms with Crippen molar-refractivity contribution in [2.75, 3.05) is 20.3 Å². The summed E-state index contributed by atoms with van der Waals surface area (Å²) in [5.74, 6) is 1.30. The molecule has 2 aromatic carbocycles. The van der Waals surface area contributed by atoms with Crippen molar-refractivity contribution in [3.05, 3.63) is 57.1 Å². The van der Waals surface area contributed by atoms with Gasteiger partial charge in [0.25, 0.3) is 0 Å². The number of methoxy groups -OCH3 is 1. The van der Waals surface area contributed by atoms with E-state index in [1.165, 1.54) is 19.2 Å². The van der Waals surface area contributed by atoms with E-state index in [1.807, 2.05) is 24.3 Å². The van der Waals surface area contributed by atoms with Crippen molar-refractivity contribution >= 4 is 21.6 Å². The predicted molar refractivity (Wildman–Crippen MR) is 84.8 cm³/mol. The SMILES string of the molecule is COc1ccc(OCCOc2ccc(Br)cc2)c([N+](=O)[O-])c1. The number of ether oxygens (including phenoxy) is 3. The van der Waals surface area contributed by atoms with Crippen molar-refractivity contribution in [3.63, 3.8) is 0 Å². The fraction of sp³-hybridized carbons (Fsp3) is 0.200. The van der Waals surface area contributed by atoms with Gasteiger partial charge in [-0.2, -0.15) is 0 Å². The van der Waals surface area contributed by atoms with E-state index in [0.717, 1.165) is 4.47 Å². The van der Waals surface area contributed by atoms with Crippen LogP contribution in [0.4, 0.5) is 5.69 Å². The zero-order valence-electron chi connectivity index (χ0n) is 11.8. The summed E-state index contributed by atoms with van der Waals surface area (Å²) in [7, 11) is 1.45. The molecule has 2 aromatic rings. The Morgan fingerprint density at radius 3 is 2.32 bits per heavy atom. The molecule has 0 aliphatic heterocycles. The number of nitro groups is 1. The highest BCUT2D eigenvalue weighted by Gasteiger charge is 2.16. The second kappa shape index (κ2) is 7.65. The Labute approximate surface area is 135 Å². The van der Waals surface area contributed by atoms with Crippen molar-refractivity contribution in [1.29, 1.82) is 0 Å². The van der Waals surface area contributed by atoms with Gasteiger partial charge in [0.1, 0.15) is 24.7 Å². The molecule has 0 radical (unpaired) electrons. The predicted octanol–water partition coefficient (Wildman–Crippen LogP) is 3.82. The Morgan fingerprint density at radius 1 is 1.05 bits per heavy atom. The molecule has 0 amide bonds. The molecule has 0 atom stereocenters. The number of hydrogen-bond acceptors (Lipinski definition) is 5. The van der Waals surface area contributed by atoms with E-state index in [4.69, 9.17) is 14.2 Å². The van der Waals surface area contributed by atoms with E-state index in [1.54, 1.807) is 6.07 Å². The average molecular weight is 368 g/mol. The zero-order chi connectivity index (χ0) is 15.9. The summed E-state index contributed by atoms with van der Waals surface area (Å²) in [5.41, 5.74) is -0.136. The second-order valence-electron chi connectivity index (χ2n) is 4.24. The summed E-state index contributed by atoms with van der Waals surface area (Å²) in [6.07, 6.45) is 0. The van der Waals surface area contributed by atoms with Crippen LogP contribution in [-0.2, 0) is 0 Å². The summed E-state index contributed by atoms with van der Waals surface area (Å²) < 4.78 is 16.8. The van der Waals surface area contributed by atoms with Crippen LogP contribution >= 0.6 is 15.9 Å². The van der Waals surface area contributed by atoms with Crippen molar-refractivity contribution in [3.8, 4) is 17.2 Å². The molecule has 6 nitrogen and oxygen atoms in total. The first-order valence-corrected chi connectivity index (χ1v) is 7.23. The van der Waals surface area contributed by atoms with Gasteiger partial charge >= 0.3 is 5.69 Å². The second-order valence-corrected chi connectivity index (χ2v) is 5.16. The van der Waals surface area contributed by atoms with Crippen LogP contribution in [0.5, 0.6) is 17.2 Å². The molecular formula is C15H14BrNO5. The molecule has 0 spiro atoms.